The van der Waals surface area contributed by atoms with Gasteiger partial charge in [0.2, 0.25) is 0 Å². The predicted octanol–water partition coefficient (Wildman–Crippen LogP) is 4.21. The molecule has 0 bridgehead atoms. The molecule has 6 heteroatoms. The van der Waals surface area contributed by atoms with Crippen LogP contribution in [0.3, 0.4) is 0 Å². The maximum absolute atomic E-state index is 14.1. The van der Waals surface area contributed by atoms with Crippen LogP contribution in [0.25, 0.3) is 11.1 Å². The lowest BCUT2D eigenvalue weighted by atomic mass is 9.96. The van der Waals surface area contributed by atoms with Crippen LogP contribution in [0.2, 0.25) is 0 Å². The molecule has 0 saturated heterocycles. The highest BCUT2D eigenvalue weighted by Crippen LogP contribution is 2.28. The summed E-state index contributed by atoms with van der Waals surface area (Å²) >= 11 is 0. The Kier molecular flexibility index (Phi) is 3.80. The molecule has 1 fully saturated rings. The van der Waals surface area contributed by atoms with Gasteiger partial charge in [-0.1, -0.05) is 5.16 Å². The van der Waals surface area contributed by atoms with Crippen LogP contribution in [-0.2, 0) is 6.54 Å². The summed E-state index contributed by atoms with van der Waals surface area (Å²) in [6, 6.07) is 6.95. The molecule has 1 N–H and O–H groups in total. The van der Waals surface area contributed by atoms with Gasteiger partial charge in [0.1, 0.15) is 0 Å². The maximum Gasteiger partial charge on any atom is 0.257 e. The van der Waals surface area contributed by atoms with Crippen molar-refractivity contribution in [1.29, 1.82) is 0 Å². The van der Waals surface area contributed by atoms with Gasteiger partial charge >= 0.3 is 0 Å². The van der Waals surface area contributed by atoms with Crippen molar-refractivity contribution >= 4 is 16.8 Å². The molecule has 1 aliphatic carbocycles. The van der Waals surface area contributed by atoms with E-state index < -0.39 is 0 Å². The van der Waals surface area contributed by atoms with Gasteiger partial charge < -0.3 is 14.6 Å². The molecule has 24 heavy (non-hydrogen) atoms. The van der Waals surface area contributed by atoms with E-state index in [0.29, 0.717) is 23.7 Å². The van der Waals surface area contributed by atoms with Gasteiger partial charge in [0.05, 0.1) is 17.2 Å². The monoisotopic (exact) mass is 327 g/mol. The highest BCUT2D eigenvalue weighted by molar-refractivity contribution is 5.76. The molecular formula is C18H18FN3O2. The molecule has 0 unspecified atom stereocenters. The molecular weight excluding hydrogens is 309 g/mol. The topological polar surface area (TPSA) is 60.2 Å². The number of hydrogen-bond acceptors (Lipinski definition) is 5. The number of anilines is 1. The molecule has 1 saturated carbocycles. The number of aromatic nitrogens is 2. The zero-order valence-corrected chi connectivity index (χ0v) is 13.4. The Morgan fingerprint density at radius 3 is 2.96 bits per heavy atom. The average molecular weight is 327 g/mol. The first-order chi connectivity index (χ1) is 11.7. The lowest BCUT2D eigenvalue weighted by Gasteiger charge is -2.26. The van der Waals surface area contributed by atoms with Crippen LogP contribution in [0.4, 0.5) is 10.1 Å². The van der Waals surface area contributed by atoms with Crippen molar-refractivity contribution in [2.75, 3.05) is 5.32 Å². The second-order valence-corrected chi connectivity index (χ2v) is 6.13. The lowest BCUT2D eigenvalue weighted by molar-refractivity contribution is 0.115. The van der Waals surface area contributed by atoms with Crippen molar-refractivity contribution in [3.05, 3.63) is 47.5 Å². The minimum Gasteiger partial charge on any atom is -0.487 e. The van der Waals surface area contributed by atoms with Crippen molar-refractivity contribution in [3.63, 3.8) is 0 Å². The quantitative estimate of drug-likeness (QED) is 0.760. The smallest absolute Gasteiger partial charge is 0.257 e. The minimum atomic E-state index is -0.338. The summed E-state index contributed by atoms with van der Waals surface area (Å²) in [4.78, 5) is 4.23. The van der Waals surface area contributed by atoms with Crippen molar-refractivity contribution < 1.29 is 13.7 Å². The fourth-order valence-electron chi connectivity index (χ4n) is 2.66. The lowest BCUT2D eigenvalue weighted by Crippen LogP contribution is -2.24. The number of pyridine rings is 1. The summed E-state index contributed by atoms with van der Waals surface area (Å²) in [5.41, 5.74) is 3.02. The first-order valence-corrected chi connectivity index (χ1v) is 8.10. The zero-order chi connectivity index (χ0) is 16.5. The molecule has 4 rings (SSSR count). The van der Waals surface area contributed by atoms with Gasteiger partial charge in [-0.15, -0.1) is 0 Å². The highest BCUT2D eigenvalue weighted by atomic mass is 19.1. The second-order valence-electron chi connectivity index (χ2n) is 6.13. The molecule has 0 radical (unpaired) electrons. The first kappa shape index (κ1) is 14.9. The van der Waals surface area contributed by atoms with Crippen LogP contribution in [0, 0.1) is 12.7 Å². The number of halogens is 1. The molecule has 0 amide bonds. The third-order valence-corrected chi connectivity index (χ3v) is 4.34. The second kappa shape index (κ2) is 6.11. The van der Waals surface area contributed by atoms with E-state index in [1.165, 1.54) is 6.07 Å². The molecule has 1 aromatic carbocycles. The Hall–Kier alpha value is -2.63. The Balaban J connectivity index is 1.44. The van der Waals surface area contributed by atoms with Crippen molar-refractivity contribution in [2.45, 2.75) is 38.8 Å². The third kappa shape index (κ3) is 2.91. The summed E-state index contributed by atoms with van der Waals surface area (Å²) in [7, 11) is 0. The van der Waals surface area contributed by atoms with Crippen LogP contribution >= 0.6 is 0 Å². The number of hydrogen-bond donors (Lipinski definition) is 1. The van der Waals surface area contributed by atoms with Gasteiger partial charge in [0, 0.05) is 24.5 Å². The van der Waals surface area contributed by atoms with Crippen LogP contribution in [0.1, 0.15) is 30.5 Å². The minimum absolute atomic E-state index is 0.169. The number of rotatable bonds is 5. The highest BCUT2D eigenvalue weighted by Gasteiger charge is 2.20. The molecule has 1 aliphatic rings. The number of ether oxygens (including phenoxy) is 1. The summed E-state index contributed by atoms with van der Waals surface area (Å²) in [6.07, 6.45) is 5.08. The van der Waals surface area contributed by atoms with Crippen LogP contribution in [-0.4, -0.2) is 16.2 Å². The summed E-state index contributed by atoms with van der Waals surface area (Å²) in [5.74, 6) is -0.0104. The van der Waals surface area contributed by atoms with E-state index in [9.17, 15) is 4.39 Å². The van der Waals surface area contributed by atoms with E-state index >= 15 is 0 Å². The number of fused-ring (bicyclic) bond motifs is 1. The van der Waals surface area contributed by atoms with Gasteiger partial charge in [0.15, 0.2) is 11.6 Å². The number of nitrogens with zero attached hydrogens (tertiary/aromatic N) is 2. The number of aryl methyl sites for hydroxylation is 1. The molecule has 2 heterocycles. The predicted molar refractivity (Wildman–Crippen MR) is 88.5 cm³/mol. The summed E-state index contributed by atoms with van der Waals surface area (Å²) in [6.45, 7) is 2.41. The van der Waals surface area contributed by atoms with Gasteiger partial charge in [0.25, 0.3) is 5.71 Å². The first-order valence-electron chi connectivity index (χ1n) is 8.10. The molecule has 124 valence electrons. The molecule has 0 aliphatic heterocycles. The van der Waals surface area contributed by atoms with Crippen molar-refractivity contribution in [3.8, 4) is 5.75 Å². The largest absolute Gasteiger partial charge is 0.487 e. The number of nitrogens with one attached hydrogen (secondary N) is 1. The Labute approximate surface area is 138 Å². The van der Waals surface area contributed by atoms with Crippen LogP contribution in [0.15, 0.2) is 35.0 Å². The average Bonchev–Trinajstić information content (AvgIpc) is 2.91. The van der Waals surface area contributed by atoms with E-state index in [-0.39, 0.29) is 11.9 Å². The Morgan fingerprint density at radius 2 is 2.21 bits per heavy atom. The van der Waals surface area contributed by atoms with Crippen molar-refractivity contribution in [1.82, 2.24) is 10.1 Å². The van der Waals surface area contributed by atoms with Gasteiger partial charge in [-0.3, -0.25) is 0 Å². The fraction of sp³-hybridized carbons (Fsp3) is 0.333. The SMILES string of the molecule is Cc1noc2ncc(CNc3ccc(OC4CCC4)c(F)c3)cc12. The van der Waals surface area contributed by atoms with Gasteiger partial charge in [-0.2, -0.15) is 0 Å². The normalized spacial score (nSPS) is 14.6. The summed E-state index contributed by atoms with van der Waals surface area (Å²) in [5, 5.41) is 7.98. The number of benzene rings is 1. The van der Waals surface area contributed by atoms with E-state index in [2.05, 4.69) is 15.5 Å². The molecule has 3 aromatic rings. The standard InChI is InChI=1S/C18H18FN3O2/c1-11-15-7-12(10-21-18(15)24-22-11)9-20-13-5-6-17(16(19)8-13)23-14-3-2-4-14/h5-8,10,14,20H,2-4,9H2,1H3. The van der Waals surface area contributed by atoms with E-state index in [4.69, 9.17) is 9.26 Å². The molecule has 2 aromatic heterocycles. The molecule has 5 nitrogen and oxygen atoms in total. The maximum atomic E-state index is 14.1. The Bertz CT molecular complexity index is 874. The van der Waals surface area contributed by atoms with Crippen LogP contribution in [0.5, 0.6) is 5.75 Å². The fourth-order valence-corrected chi connectivity index (χ4v) is 2.66. The van der Waals surface area contributed by atoms with E-state index in [1.807, 2.05) is 19.1 Å². The molecule has 0 spiro atoms. The summed E-state index contributed by atoms with van der Waals surface area (Å²) < 4.78 is 24.8. The molecule has 0 atom stereocenters. The third-order valence-electron chi connectivity index (χ3n) is 4.34. The van der Waals surface area contributed by atoms with E-state index in [0.717, 1.165) is 35.9 Å². The van der Waals surface area contributed by atoms with Gasteiger partial charge in [-0.05, 0) is 49.9 Å². The van der Waals surface area contributed by atoms with Crippen molar-refractivity contribution in [2.24, 2.45) is 0 Å². The zero-order valence-electron chi connectivity index (χ0n) is 13.4. The van der Waals surface area contributed by atoms with E-state index in [1.54, 1.807) is 12.3 Å². The van der Waals surface area contributed by atoms with Gasteiger partial charge in [-0.25, -0.2) is 9.37 Å². The Morgan fingerprint density at radius 1 is 1.33 bits per heavy atom. The van der Waals surface area contributed by atoms with Crippen LogP contribution < -0.4 is 10.1 Å².